The minimum Gasteiger partial charge on any atom is -0.495 e. The largest absolute Gasteiger partial charge is 0.495 e. The molecule has 25 heavy (non-hydrogen) atoms. The van der Waals surface area contributed by atoms with Crippen LogP contribution in [0.15, 0.2) is 36.4 Å². The third-order valence-corrected chi connectivity index (χ3v) is 3.68. The number of H-pyrrole nitrogens is 1. The molecule has 0 saturated heterocycles. The van der Waals surface area contributed by atoms with Crippen molar-refractivity contribution in [1.29, 1.82) is 5.26 Å². The molecule has 0 saturated carbocycles. The van der Waals surface area contributed by atoms with Gasteiger partial charge in [-0.25, -0.2) is 0 Å². The summed E-state index contributed by atoms with van der Waals surface area (Å²) in [5.74, 6) is 0.373. The van der Waals surface area contributed by atoms with Crippen LogP contribution in [0.3, 0.4) is 0 Å². The molecule has 3 rings (SSSR count). The number of fused-ring (bicyclic) bond motifs is 1. The number of methoxy groups -OCH3 is 1. The Morgan fingerprint density at radius 1 is 1.20 bits per heavy atom. The molecule has 0 atom stereocenters. The molecule has 1 heterocycles. The summed E-state index contributed by atoms with van der Waals surface area (Å²) in [6.07, 6.45) is -1.28. The van der Waals surface area contributed by atoms with Crippen molar-refractivity contribution in [2.45, 2.75) is 6.18 Å². The zero-order valence-electron chi connectivity index (χ0n) is 13.1. The van der Waals surface area contributed by atoms with Gasteiger partial charge < -0.3 is 4.74 Å². The first kappa shape index (κ1) is 16.6. The lowest BCUT2D eigenvalue weighted by Crippen LogP contribution is -2.04. The Balaban J connectivity index is 2.04. The van der Waals surface area contributed by atoms with Crippen LogP contribution in [-0.2, 0) is 6.18 Å². The monoisotopic (exact) mass is 343 g/mol. The third kappa shape index (κ3) is 3.19. The van der Waals surface area contributed by atoms with Crippen LogP contribution in [0.4, 0.5) is 13.2 Å². The molecule has 126 valence electrons. The molecular weight excluding hydrogens is 331 g/mol. The van der Waals surface area contributed by atoms with Crippen molar-refractivity contribution in [3.8, 4) is 11.8 Å². The second-order valence-electron chi connectivity index (χ2n) is 5.25. The molecule has 0 bridgehead atoms. The zero-order chi connectivity index (χ0) is 18.0. The van der Waals surface area contributed by atoms with Gasteiger partial charge in [-0.2, -0.15) is 23.5 Å². The predicted molar refractivity (Wildman–Crippen MR) is 87.7 cm³/mol. The van der Waals surface area contributed by atoms with Gasteiger partial charge in [0.25, 0.3) is 0 Å². The lowest BCUT2D eigenvalue weighted by Gasteiger charge is -2.06. The van der Waals surface area contributed by atoms with Crippen molar-refractivity contribution < 1.29 is 17.9 Å². The number of ether oxygens (including phenoxy) is 1. The second kappa shape index (κ2) is 6.32. The molecule has 0 spiro atoms. The number of nitrogens with one attached hydrogen (secondary N) is 1. The van der Waals surface area contributed by atoms with Gasteiger partial charge in [0.1, 0.15) is 11.8 Å². The van der Waals surface area contributed by atoms with Crippen LogP contribution in [0.5, 0.6) is 5.75 Å². The van der Waals surface area contributed by atoms with Gasteiger partial charge in [-0.3, -0.25) is 5.10 Å². The SMILES string of the molecule is COc1c(C#N)ccc2[nH]nc(/C=C/c3cccc(C(F)(F)F)c3)c12. The molecule has 2 aromatic carbocycles. The van der Waals surface area contributed by atoms with E-state index >= 15 is 0 Å². The number of rotatable bonds is 3. The van der Waals surface area contributed by atoms with E-state index in [0.29, 0.717) is 33.5 Å². The average Bonchev–Trinajstić information content (AvgIpc) is 3.01. The number of nitriles is 1. The van der Waals surface area contributed by atoms with Crippen molar-refractivity contribution in [1.82, 2.24) is 10.2 Å². The van der Waals surface area contributed by atoms with Gasteiger partial charge in [-0.15, -0.1) is 0 Å². The highest BCUT2D eigenvalue weighted by atomic mass is 19.4. The van der Waals surface area contributed by atoms with Crippen LogP contribution in [0.2, 0.25) is 0 Å². The molecule has 0 radical (unpaired) electrons. The first-order chi connectivity index (χ1) is 11.9. The third-order valence-electron chi connectivity index (χ3n) is 3.68. The van der Waals surface area contributed by atoms with E-state index in [4.69, 9.17) is 10.00 Å². The quantitative estimate of drug-likeness (QED) is 0.754. The molecule has 3 aromatic rings. The lowest BCUT2D eigenvalue weighted by atomic mass is 10.1. The number of halogens is 3. The number of benzene rings is 2. The smallest absolute Gasteiger partial charge is 0.416 e. The minimum absolute atomic E-state index is 0.352. The topological polar surface area (TPSA) is 61.7 Å². The molecule has 1 aromatic heterocycles. The van der Waals surface area contributed by atoms with Crippen molar-refractivity contribution in [3.63, 3.8) is 0 Å². The van der Waals surface area contributed by atoms with Crippen LogP contribution in [0.1, 0.15) is 22.4 Å². The molecule has 1 N–H and O–H groups in total. The number of hydrogen-bond acceptors (Lipinski definition) is 3. The first-order valence-electron chi connectivity index (χ1n) is 7.24. The standard InChI is InChI=1S/C18H12F3N3O/c1-25-17-12(10-22)6-8-15-16(17)14(23-24-15)7-5-11-3-2-4-13(9-11)18(19,20)21/h2-9H,1H3,(H,23,24)/b7-5+. The molecule has 0 aliphatic rings. The zero-order valence-corrected chi connectivity index (χ0v) is 13.1. The number of alkyl halides is 3. The minimum atomic E-state index is -4.40. The van der Waals surface area contributed by atoms with Gasteiger partial charge in [0.2, 0.25) is 0 Å². The predicted octanol–water partition coefficient (Wildman–Crippen LogP) is 4.63. The fourth-order valence-corrected chi connectivity index (χ4v) is 2.52. The number of hydrogen-bond donors (Lipinski definition) is 1. The molecule has 0 fully saturated rings. The fraction of sp³-hybridized carbons (Fsp3) is 0.111. The molecule has 0 aliphatic carbocycles. The van der Waals surface area contributed by atoms with E-state index in [1.807, 2.05) is 6.07 Å². The summed E-state index contributed by atoms with van der Waals surface area (Å²) in [5.41, 5.74) is 1.17. The van der Waals surface area contributed by atoms with E-state index in [9.17, 15) is 13.2 Å². The Morgan fingerprint density at radius 2 is 2.00 bits per heavy atom. The summed E-state index contributed by atoms with van der Waals surface area (Å²) >= 11 is 0. The summed E-state index contributed by atoms with van der Waals surface area (Å²) in [5, 5.41) is 16.7. The molecule has 0 unspecified atom stereocenters. The Morgan fingerprint density at radius 3 is 2.68 bits per heavy atom. The molecular formula is C18H12F3N3O. The summed E-state index contributed by atoms with van der Waals surface area (Å²) in [7, 11) is 1.45. The van der Waals surface area contributed by atoms with Crippen molar-refractivity contribution >= 4 is 23.1 Å². The van der Waals surface area contributed by atoms with E-state index < -0.39 is 11.7 Å². The maximum Gasteiger partial charge on any atom is 0.416 e. The van der Waals surface area contributed by atoms with Crippen LogP contribution in [-0.4, -0.2) is 17.3 Å². The normalized spacial score (nSPS) is 11.8. The molecule has 0 aliphatic heterocycles. The Kier molecular flexibility index (Phi) is 4.19. The second-order valence-corrected chi connectivity index (χ2v) is 5.25. The number of aromatic amines is 1. The van der Waals surface area contributed by atoms with Gasteiger partial charge in [0, 0.05) is 0 Å². The first-order valence-corrected chi connectivity index (χ1v) is 7.24. The van der Waals surface area contributed by atoms with Gasteiger partial charge in [0.05, 0.1) is 34.8 Å². The van der Waals surface area contributed by atoms with Crippen LogP contribution >= 0.6 is 0 Å². The molecule has 4 nitrogen and oxygen atoms in total. The average molecular weight is 343 g/mol. The molecule has 7 heteroatoms. The van der Waals surface area contributed by atoms with Crippen molar-refractivity contribution in [2.75, 3.05) is 7.11 Å². The number of aromatic nitrogens is 2. The highest BCUT2D eigenvalue weighted by Gasteiger charge is 2.30. The van der Waals surface area contributed by atoms with E-state index in [1.54, 1.807) is 24.3 Å². The number of nitrogens with zero attached hydrogens (tertiary/aromatic N) is 2. The Hall–Kier alpha value is -3.27. The van der Waals surface area contributed by atoms with Crippen LogP contribution in [0, 0.1) is 11.3 Å². The van der Waals surface area contributed by atoms with E-state index in [1.165, 1.54) is 19.3 Å². The highest BCUT2D eigenvalue weighted by molar-refractivity contribution is 5.95. The van der Waals surface area contributed by atoms with Crippen LogP contribution < -0.4 is 4.74 Å². The lowest BCUT2D eigenvalue weighted by molar-refractivity contribution is -0.137. The Labute approximate surface area is 141 Å². The van der Waals surface area contributed by atoms with Gasteiger partial charge in [-0.05, 0) is 35.9 Å². The van der Waals surface area contributed by atoms with Crippen molar-refractivity contribution in [2.24, 2.45) is 0 Å². The Bertz CT molecular complexity index is 997. The van der Waals surface area contributed by atoms with Gasteiger partial charge in [-0.1, -0.05) is 18.2 Å². The van der Waals surface area contributed by atoms with Crippen LogP contribution in [0.25, 0.3) is 23.1 Å². The summed E-state index contributed by atoms with van der Waals surface area (Å²) in [4.78, 5) is 0. The highest BCUT2D eigenvalue weighted by Crippen LogP contribution is 2.32. The van der Waals surface area contributed by atoms with Crippen molar-refractivity contribution in [3.05, 3.63) is 58.8 Å². The van der Waals surface area contributed by atoms with E-state index in [2.05, 4.69) is 10.2 Å². The summed E-state index contributed by atoms with van der Waals surface area (Å²) in [6, 6.07) is 10.3. The maximum atomic E-state index is 12.8. The van der Waals surface area contributed by atoms with E-state index in [-0.39, 0.29) is 0 Å². The molecule has 0 amide bonds. The summed E-state index contributed by atoms with van der Waals surface area (Å²) in [6.45, 7) is 0. The maximum absolute atomic E-state index is 12.8. The van der Waals surface area contributed by atoms with Gasteiger partial charge in [0.15, 0.2) is 0 Å². The fourth-order valence-electron chi connectivity index (χ4n) is 2.52. The van der Waals surface area contributed by atoms with E-state index in [0.717, 1.165) is 12.1 Å². The summed E-state index contributed by atoms with van der Waals surface area (Å²) < 4.78 is 43.6. The van der Waals surface area contributed by atoms with Gasteiger partial charge >= 0.3 is 6.18 Å².